The van der Waals surface area contributed by atoms with Gasteiger partial charge in [0.2, 0.25) is 5.91 Å². The van der Waals surface area contributed by atoms with Crippen molar-refractivity contribution in [3.8, 4) is 0 Å². The molecule has 1 heterocycles. The van der Waals surface area contributed by atoms with Gasteiger partial charge in [0.25, 0.3) is 0 Å². The first-order valence-corrected chi connectivity index (χ1v) is 7.84. The lowest BCUT2D eigenvalue weighted by atomic mass is 10.0. The van der Waals surface area contributed by atoms with Crippen molar-refractivity contribution in [1.29, 1.82) is 0 Å². The molecule has 1 aliphatic rings. The second-order valence-corrected chi connectivity index (χ2v) is 5.87. The Morgan fingerprint density at radius 1 is 1.40 bits per heavy atom. The number of nitrogens with one attached hydrogen (secondary N) is 2. The first-order chi connectivity index (χ1) is 9.72. The maximum atomic E-state index is 12.3. The van der Waals surface area contributed by atoms with Crippen LogP contribution >= 0.6 is 15.9 Å². The van der Waals surface area contributed by atoms with Gasteiger partial charge in [-0.2, -0.15) is 0 Å². The molecule has 0 radical (unpaired) electrons. The van der Waals surface area contributed by atoms with Gasteiger partial charge in [0, 0.05) is 17.1 Å². The van der Waals surface area contributed by atoms with E-state index in [1.807, 2.05) is 24.3 Å². The Bertz CT molecular complexity index is 453. The first kappa shape index (κ1) is 15.5. The van der Waals surface area contributed by atoms with E-state index in [0.717, 1.165) is 23.0 Å². The summed E-state index contributed by atoms with van der Waals surface area (Å²) < 4.78 is 6.45. The average Bonchev–Trinajstić information content (AvgIpc) is 2.92. The van der Waals surface area contributed by atoms with Gasteiger partial charge in [-0.1, -0.05) is 41.1 Å². The van der Waals surface area contributed by atoms with E-state index in [1.165, 1.54) is 0 Å². The Balaban J connectivity index is 1.86. The van der Waals surface area contributed by atoms with E-state index in [4.69, 9.17) is 4.74 Å². The van der Waals surface area contributed by atoms with Gasteiger partial charge >= 0.3 is 0 Å². The fourth-order valence-electron chi connectivity index (χ4n) is 2.30. The summed E-state index contributed by atoms with van der Waals surface area (Å²) in [6, 6.07) is 8.05. The van der Waals surface area contributed by atoms with Gasteiger partial charge in [-0.3, -0.25) is 4.79 Å². The van der Waals surface area contributed by atoms with Crippen LogP contribution in [0.1, 0.15) is 18.9 Å². The van der Waals surface area contributed by atoms with Crippen LogP contribution in [-0.4, -0.2) is 31.7 Å². The summed E-state index contributed by atoms with van der Waals surface area (Å²) in [4.78, 5) is 12.3. The van der Waals surface area contributed by atoms with Crippen LogP contribution in [0.3, 0.4) is 0 Å². The van der Waals surface area contributed by atoms with E-state index in [-0.39, 0.29) is 17.9 Å². The van der Waals surface area contributed by atoms with E-state index < -0.39 is 0 Å². The number of hydrogen-bond donors (Lipinski definition) is 2. The minimum Gasteiger partial charge on any atom is -0.379 e. The van der Waals surface area contributed by atoms with Crippen molar-refractivity contribution in [2.75, 3.05) is 19.8 Å². The second-order valence-electron chi connectivity index (χ2n) is 5.01. The smallest absolute Gasteiger partial charge is 0.227 e. The molecule has 20 heavy (non-hydrogen) atoms. The molecular formula is C15H21BrN2O2. The molecule has 5 heteroatoms. The normalized spacial score (nSPS) is 21.9. The minimum absolute atomic E-state index is 0.0619. The number of ether oxygens (including phenoxy) is 1. The molecule has 110 valence electrons. The Morgan fingerprint density at radius 2 is 2.20 bits per heavy atom. The van der Waals surface area contributed by atoms with Crippen molar-refractivity contribution >= 4 is 21.8 Å². The lowest BCUT2D eigenvalue weighted by Gasteiger charge is -2.18. The molecule has 0 aliphatic carbocycles. The van der Waals surface area contributed by atoms with Gasteiger partial charge in [-0.25, -0.2) is 0 Å². The zero-order valence-corrected chi connectivity index (χ0v) is 13.3. The van der Waals surface area contributed by atoms with Gasteiger partial charge in [0.15, 0.2) is 0 Å². The fraction of sp³-hybridized carbons (Fsp3) is 0.533. The van der Waals surface area contributed by atoms with Gasteiger partial charge in [-0.05, 0) is 24.6 Å². The lowest BCUT2D eigenvalue weighted by molar-refractivity contribution is -0.125. The molecular weight excluding hydrogens is 320 g/mol. The summed E-state index contributed by atoms with van der Waals surface area (Å²) in [6.07, 6.45) is 1.06. The van der Waals surface area contributed by atoms with Crippen LogP contribution in [0.5, 0.6) is 0 Å². The third kappa shape index (κ3) is 4.04. The van der Waals surface area contributed by atoms with Crippen molar-refractivity contribution in [2.24, 2.45) is 5.92 Å². The van der Waals surface area contributed by atoms with Gasteiger partial charge in [0.05, 0.1) is 19.1 Å². The van der Waals surface area contributed by atoms with Crippen LogP contribution < -0.4 is 10.6 Å². The summed E-state index contributed by atoms with van der Waals surface area (Å²) in [7, 11) is 0. The second kappa shape index (κ2) is 7.76. The minimum atomic E-state index is -0.0935. The molecule has 2 unspecified atom stereocenters. The number of amides is 1. The fourth-order valence-corrected chi connectivity index (χ4v) is 2.72. The summed E-state index contributed by atoms with van der Waals surface area (Å²) >= 11 is 3.49. The summed E-state index contributed by atoms with van der Waals surface area (Å²) in [6.45, 7) is 4.69. The predicted molar refractivity (Wildman–Crippen MR) is 82.4 cm³/mol. The van der Waals surface area contributed by atoms with E-state index in [0.29, 0.717) is 19.8 Å². The number of carbonyl (C=O) groups excluding carboxylic acids is 1. The lowest BCUT2D eigenvalue weighted by Crippen LogP contribution is -2.44. The summed E-state index contributed by atoms with van der Waals surface area (Å²) in [5.41, 5.74) is 1.08. The Labute approximate surface area is 128 Å². The number of halogens is 1. The first-order valence-electron chi connectivity index (χ1n) is 7.04. The van der Waals surface area contributed by atoms with Gasteiger partial charge < -0.3 is 15.4 Å². The number of hydrogen-bond acceptors (Lipinski definition) is 3. The number of carbonyl (C=O) groups is 1. The average molecular weight is 341 g/mol. The van der Waals surface area contributed by atoms with Crippen LogP contribution in [0.15, 0.2) is 28.7 Å². The van der Waals surface area contributed by atoms with Crippen molar-refractivity contribution in [1.82, 2.24) is 10.6 Å². The van der Waals surface area contributed by atoms with Crippen molar-refractivity contribution < 1.29 is 9.53 Å². The highest BCUT2D eigenvalue weighted by Crippen LogP contribution is 2.17. The molecule has 0 spiro atoms. The van der Waals surface area contributed by atoms with Crippen molar-refractivity contribution in [3.63, 3.8) is 0 Å². The van der Waals surface area contributed by atoms with Crippen LogP contribution in [0.25, 0.3) is 0 Å². The van der Waals surface area contributed by atoms with E-state index in [9.17, 15) is 4.79 Å². The van der Waals surface area contributed by atoms with Crippen LogP contribution in [0, 0.1) is 5.92 Å². The Kier molecular flexibility index (Phi) is 6.01. The topological polar surface area (TPSA) is 50.4 Å². The highest BCUT2D eigenvalue weighted by molar-refractivity contribution is 9.10. The molecule has 2 atom stereocenters. The van der Waals surface area contributed by atoms with Crippen molar-refractivity contribution in [3.05, 3.63) is 34.3 Å². The SMILES string of the molecule is CCCNC1COCC1C(=O)NCc1ccccc1Br. The van der Waals surface area contributed by atoms with Crippen LogP contribution in [0.2, 0.25) is 0 Å². The molecule has 2 rings (SSSR count). The third-order valence-corrected chi connectivity index (χ3v) is 4.26. The molecule has 4 nitrogen and oxygen atoms in total. The monoisotopic (exact) mass is 340 g/mol. The zero-order chi connectivity index (χ0) is 14.4. The molecule has 2 N–H and O–H groups in total. The van der Waals surface area contributed by atoms with E-state index in [1.54, 1.807) is 0 Å². The molecule has 1 aromatic carbocycles. The molecule has 1 aromatic rings. The third-order valence-electron chi connectivity index (χ3n) is 3.48. The highest BCUT2D eigenvalue weighted by atomic mass is 79.9. The molecule has 1 amide bonds. The van der Waals surface area contributed by atoms with Crippen LogP contribution in [0.4, 0.5) is 0 Å². The van der Waals surface area contributed by atoms with Gasteiger partial charge in [-0.15, -0.1) is 0 Å². The molecule has 1 aliphatic heterocycles. The molecule has 1 fully saturated rings. The standard InChI is InChI=1S/C15H21BrN2O2/c1-2-7-17-14-10-20-9-12(14)15(19)18-8-11-5-3-4-6-13(11)16/h3-6,12,14,17H,2,7-10H2,1H3,(H,18,19). The summed E-state index contributed by atoms with van der Waals surface area (Å²) in [5.74, 6) is -0.0316. The maximum absolute atomic E-state index is 12.3. The zero-order valence-electron chi connectivity index (χ0n) is 11.7. The molecule has 0 bridgehead atoms. The van der Waals surface area contributed by atoms with Gasteiger partial charge in [0.1, 0.15) is 0 Å². The highest BCUT2D eigenvalue weighted by Gasteiger charge is 2.33. The number of rotatable bonds is 6. The predicted octanol–water partition coefficient (Wildman–Crippen LogP) is 2.08. The summed E-state index contributed by atoms with van der Waals surface area (Å²) in [5, 5.41) is 6.38. The number of benzene rings is 1. The Hall–Kier alpha value is -0.910. The largest absolute Gasteiger partial charge is 0.379 e. The van der Waals surface area contributed by atoms with Crippen molar-refractivity contribution in [2.45, 2.75) is 25.9 Å². The molecule has 1 saturated heterocycles. The van der Waals surface area contributed by atoms with E-state index >= 15 is 0 Å². The molecule has 0 aromatic heterocycles. The quantitative estimate of drug-likeness (QED) is 0.833. The molecule has 0 saturated carbocycles. The Morgan fingerprint density at radius 3 is 2.95 bits per heavy atom. The van der Waals surface area contributed by atoms with E-state index in [2.05, 4.69) is 33.5 Å². The van der Waals surface area contributed by atoms with Crippen LogP contribution in [-0.2, 0) is 16.1 Å². The maximum Gasteiger partial charge on any atom is 0.227 e.